The van der Waals surface area contributed by atoms with E-state index in [0.29, 0.717) is 11.5 Å². The molecule has 1 aliphatic rings. The van der Waals surface area contributed by atoms with Crippen LogP contribution in [0, 0.1) is 0 Å². The smallest absolute Gasteiger partial charge is 0.472 e. The van der Waals surface area contributed by atoms with Gasteiger partial charge in [0.05, 0.1) is 32.9 Å². The summed E-state index contributed by atoms with van der Waals surface area (Å²) in [5, 5.41) is 10.8. The topological polar surface area (TPSA) is 113 Å². The standard InChI is InChI=1S/C29H36BO9P/c1-19(2)38-40(32,33)39-27-25(37-28(30)26(27)31)18-36-29(20-8-6-5-7-9-20,21-10-14-23(34-3)15-11-21)22-12-16-24(35-4)17-13-22/h5-17,19,25-28,31H,18,30H2,1-4H3,(H,32,33)/t25-,26?,27+,28-/m1/s1. The van der Waals surface area contributed by atoms with Crippen LogP contribution < -0.4 is 9.47 Å². The lowest BCUT2D eigenvalue weighted by atomic mass is 9.80. The third-order valence-corrected chi connectivity index (χ3v) is 8.01. The number of hydrogen-bond donors (Lipinski definition) is 2. The van der Waals surface area contributed by atoms with Gasteiger partial charge in [-0.15, -0.1) is 0 Å². The number of ether oxygens (including phenoxy) is 4. The molecule has 4 rings (SSSR count). The zero-order valence-electron chi connectivity index (χ0n) is 23.3. The molecule has 2 unspecified atom stereocenters. The molecule has 3 aromatic rings. The van der Waals surface area contributed by atoms with Crippen LogP contribution in [0.15, 0.2) is 78.9 Å². The highest BCUT2D eigenvalue weighted by Gasteiger charge is 2.48. The molecule has 2 N–H and O–H groups in total. The predicted octanol–water partition coefficient (Wildman–Crippen LogP) is 3.64. The van der Waals surface area contributed by atoms with Crippen molar-refractivity contribution in [1.29, 1.82) is 0 Å². The van der Waals surface area contributed by atoms with Crippen molar-refractivity contribution >= 4 is 15.7 Å². The van der Waals surface area contributed by atoms with E-state index in [4.69, 9.17) is 28.0 Å². The molecule has 1 fully saturated rings. The number of benzene rings is 3. The molecular formula is C29H36BO9P. The van der Waals surface area contributed by atoms with Gasteiger partial charge in [0.1, 0.15) is 43.3 Å². The van der Waals surface area contributed by atoms with Gasteiger partial charge in [-0.2, -0.15) is 0 Å². The van der Waals surface area contributed by atoms with Gasteiger partial charge in [0.15, 0.2) is 0 Å². The molecule has 5 atom stereocenters. The summed E-state index contributed by atoms with van der Waals surface area (Å²) in [6.07, 6.45) is -3.76. The minimum atomic E-state index is -4.48. The average Bonchev–Trinajstić information content (AvgIpc) is 3.21. The van der Waals surface area contributed by atoms with Crippen molar-refractivity contribution < 1.29 is 42.6 Å². The van der Waals surface area contributed by atoms with Crippen LogP contribution in [0.1, 0.15) is 30.5 Å². The number of methoxy groups -OCH3 is 2. The maximum absolute atomic E-state index is 12.6. The fourth-order valence-electron chi connectivity index (χ4n) is 4.91. The zero-order chi connectivity index (χ0) is 28.9. The first-order valence-corrected chi connectivity index (χ1v) is 14.6. The van der Waals surface area contributed by atoms with Crippen LogP contribution in [0.3, 0.4) is 0 Å². The SMILES string of the molecule is B[C@@H]1O[C@H](COC(c2ccccc2)(c2ccc(OC)cc2)c2ccc(OC)cc2)[C@H](OP(=O)(O)OC(C)C)C1O. The van der Waals surface area contributed by atoms with Crippen LogP contribution in [0.4, 0.5) is 0 Å². The van der Waals surface area contributed by atoms with Gasteiger partial charge in [-0.3, -0.25) is 9.05 Å². The van der Waals surface area contributed by atoms with Crippen LogP contribution in [0.25, 0.3) is 0 Å². The molecule has 0 radical (unpaired) electrons. The fraction of sp³-hybridized carbons (Fsp3) is 0.379. The van der Waals surface area contributed by atoms with E-state index in [1.807, 2.05) is 78.9 Å². The van der Waals surface area contributed by atoms with E-state index in [1.54, 1.807) is 35.9 Å². The minimum Gasteiger partial charge on any atom is -0.497 e. The molecular weight excluding hydrogens is 534 g/mol. The molecule has 1 heterocycles. The van der Waals surface area contributed by atoms with Crippen LogP contribution in [0.5, 0.6) is 11.5 Å². The van der Waals surface area contributed by atoms with Gasteiger partial charge in [0.25, 0.3) is 0 Å². The second-order valence-corrected chi connectivity index (χ2v) is 11.2. The van der Waals surface area contributed by atoms with Gasteiger partial charge in [0, 0.05) is 0 Å². The number of rotatable bonds is 12. The monoisotopic (exact) mass is 570 g/mol. The highest BCUT2D eigenvalue weighted by atomic mass is 31.2. The minimum absolute atomic E-state index is 0.0826. The zero-order valence-corrected chi connectivity index (χ0v) is 24.2. The van der Waals surface area contributed by atoms with E-state index in [-0.39, 0.29) is 6.61 Å². The van der Waals surface area contributed by atoms with Crippen LogP contribution in [0.2, 0.25) is 0 Å². The third kappa shape index (κ3) is 6.61. The molecule has 11 heteroatoms. The molecule has 0 saturated carbocycles. The van der Waals surface area contributed by atoms with Crippen molar-refractivity contribution in [2.24, 2.45) is 0 Å². The summed E-state index contributed by atoms with van der Waals surface area (Å²) in [6.45, 7) is 3.16. The molecule has 9 nitrogen and oxygen atoms in total. The van der Waals surface area contributed by atoms with Crippen molar-refractivity contribution in [3.63, 3.8) is 0 Å². The summed E-state index contributed by atoms with van der Waals surface area (Å²) in [4.78, 5) is 10.3. The lowest BCUT2D eigenvalue weighted by Crippen LogP contribution is -2.40. The van der Waals surface area contributed by atoms with E-state index in [9.17, 15) is 14.6 Å². The summed E-state index contributed by atoms with van der Waals surface area (Å²) in [5.74, 6) is 1.38. The predicted molar refractivity (Wildman–Crippen MR) is 152 cm³/mol. The molecule has 0 spiro atoms. The Balaban J connectivity index is 1.77. The highest BCUT2D eigenvalue weighted by Crippen LogP contribution is 2.49. The van der Waals surface area contributed by atoms with Gasteiger partial charge >= 0.3 is 7.82 Å². The Hall–Kier alpha value is -2.69. The summed E-state index contributed by atoms with van der Waals surface area (Å²) in [7, 11) is 0.399. The van der Waals surface area contributed by atoms with Crippen molar-refractivity contribution in [2.75, 3.05) is 20.8 Å². The Morgan fingerprint density at radius 1 is 0.900 bits per heavy atom. The fourth-order valence-corrected chi connectivity index (χ4v) is 6.06. The highest BCUT2D eigenvalue weighted by molar-refractivity contribution is 7.47. The Morgan fingerprint density at radius 3 is 1.88 bits per heavy atom. The summed E-state index contributed by atoms with van der Waals surface area (Å²) >= 11 is 0. The van der Waals surface area contributed by atoms with Crippen molar-refractivity contribution in [1.82, 2.24) is 0 Å². The molecule has 0 bridgehead atoms. The Labute approximate surface area is 236 Å². The van der Waals surface area contributed by atoms with E-state index in [2.05, 4.69) is 0 Å². The number of phosphoric acid groups is 1. The third-order valence-electron chi connectivity index (χ3n) is 6.81. The van der Waals surface area contributed by atoms with Gasteiger partial charge in [-0.05, 0) is 54.8 Å². The van der Waals surface area contributed by atoms with E-state index in [0.717, 1.165) is 16.7 Å². The van der Waals surface area contributed by atoms with Gasteiger partial charge < -0.3 is 28.9 Å². The van der Waals surface area contributed by atoms with Crippen molar-refractivity contribution in [2.45, 2.75) is 49.9 Å². The lowest BCUT2D eigenvalue weighted by Gasteiger charge is -2.37. The van der Waals surface area contributed by atoms with Crippen molar-refractivity contribution in [3.8, 4) is 11.5 Å². The maximum atomic E-state index is 12.6. The summed E-state index contributed by atoms with van der Waals surface area (Å²) < 4.78 is 46.8. The van der Waals surface area contributed by atoms with Gasteiger partial charge in [-0.25, -0.2) is 4.57 Å². The van der Waals surface area contributed by atoms with Crippen LogP contribution in [-0.4, -0.2) is 69.1 Å². The number of hydrogen-bond acceptors (Lipinski definition) is 8. The van der Waals surface area contributed by atoms with E-state index >= 15 is 0 Å². The van der Waals surface area contributed by atoms with Gasteiger partial charge in [0.2, 0.25) is 0 Å². The lowest BCUT2D eigenvalue weighted by molar-refractivity contribution is -0.0756. The normalized spacial score (nSPS) is 22.7. The second kappa shape index (κ2) is 12.9. The molecule has 40 heavy (non-hydrogen) atoms. The first-order chi connectivity index (χ1) is 19.1. The Morgan fingerprint density at radius 2 is 1.40 bits per heavy atom. The second-order valence-electron chi connectivity index (χ2n) is 9.88. The van der Waals surface area contributed by atoms with Gasteiger partial charge in [-0.1, -0.05) is 54.6 Å². The molecule has 1 aliphatic heterocycles. The summed E-state index contributed by atoms with van der Waals surface area (Å²) in [6, 6.07) is 24.2. The quantitative estimate of drug-likeness (QED) is 0.192. The number of phosphoric ester groups is 1. The molecule has 0 aliphatic carbocycles. The maximum Gasteiger partial charge on any atom is 0.472 e. The molecule has 0 amide bonds. The first kappa shape index (κ1) is 30.3. The van der Waals surface area contributed by atoms with E-state index < -0.39 is 43.8 Å². The molecule has 1 saturated heterocycles. The first-order valence-electron chi connectivity index (χ1n) is 13.1. The Kier molecular flexibility index (Phi) is 9.74. The van der Waals surface area contributed by atoms with Crippen LogP contribution >= 0.6 is 7.82 Å². The molecule has 3 aromatic carbocycles. The molecule has 0 aromatic heterocycles. The number of aliphatic hydroxyl groups is 1. The van der Waals surface area contributed by atoms with Crippen LogP contribution in [-0.2, 0) is 28.7 Å². The van der Waals surface area contributed by atoms with Crippen molar-refractivity contribution in [3.05, 3.63) is 95.6 Å². The van der Waals surface area contributed by atoms with E-state index in [1.165, 1.54) is 0 Å². The Bertz CT molecular complexity index is 1220. The number of aliphatic hydroxyl groups excluding tert-OH is 1. The average molecular weight is 570 g/mol. The molecule has 214 valence electrons. The largest absolute Gasteiger partial charge is 0.497 e. The summed E-state index contributed by atoms with van der Waals surface area (Å²) in [5.41, 5.74) is 1.32.